The predicted octanol–water partition coefficient (Wildman–Crippen LogP) is 5.95. The van der Waals surface area contributed by atoms with E-state index in [1.807, 2.05) is 23.5 Å². The number of hydrogen-bond acceptors (Lipinski definition) is 6. The molecule has 1 atom stereocenters. The molecule has 1 aromatic heterocycles. The monoisotopic (exact) mass is 419 g/mol. The Kier molecular flexibility index (Phi) is 4.71. The van der Waals surface area contributed by atoms with Gasteiger partial charge in [-0.2, -0.15) is 0 Å². The quantitative estimate of drug-likeness (QED) is 0.401. The first-order valence-electron chi connectivity index (χ1n) is 9.66. The molecule has 0 aliphatic carbocycles. The summed E-state index contributed by atoms with van der Waals surface area (Å²) in [5.41, 5.74) is 2.88. The predicted molar refractivity (Wildman–Crippen MR) is 120 cm³/mol. The average Bonchev–Trinajstić information content (AvgIpc) is 3.42. The van der Waals surface area contributed by atoms with Crippen LogP contribution >= 0.6 is 11.3 Å². The van der Waals surface area contributed by atoms with Crippen molar-refractivity contribution in [2.75, 3.05) is 21.3 Å². The van der Waals surface area contributed by atoms with Crippen molar-refractivity contribution in [2.45, 2.75) is 12.5 Å². The van der Waals surface area contributed by atoms with E-state index in [0.717, 1.165) is 16.8 Å². The number of rotatable bonds is 5. The van der Waals surface area contributed by atoms with Crippen LogP contribution in [-0.2, 0) is 4.84 Å². The second kappa shape index (κ2) is 7.54. The summed E-state index contributed by atoms with van der Waals surface area (Å²) in [6.45, 7) is 0. The van der Waals surface area contributed by atoms with Crippen LogP contribution in [0.25, 0.3) is 20.2 Å². The lowest BCUT2D eigenvalue weighted by Gasteiger charge is -2.14. The molecule has 0 saturated heterocycles. The van der Waals surface area contributed by atoms with Gasteiger partial charge in [0.1, 0.15) is 0 Å². The molecule has 0 radical (unpaired) electrons. The van der Waals surface area contributed by atoms with E-state index in [-0.39, 0.29) is 6.10 Å². The highest BCUT2D eigenvalue weighted by Gasteiger charge is 2.26. The molecule has 1 aliphatic rings. The highest BCUT2D eigenvalue weighted by Crippen LogP contribution is 2.41. The first-order chi connectivity index (χ1) is 14.7. The molecule has 3 aromatic carbocycles. The summed E-state index contributed by atoms with van der Waals surface area (Å²) in [5, 5.41) is 6.91. The Balaban J connectivity index is 1.46. The average molecular weight is 420 g/mol. The summed E-state index contributed by atoms with van der Waals surface area (Å²) in [4.78, 5) is 5.83. The highest BCUT2D eigenvalue weighted by molar-refractivity contribution is 7.25. The van der Waals surface area contributed by atoms with Crippen molar-refractivity contribution >= 4 is 37.2 Å². The van der Waals surface area contributed by atoms with Gasteiger partial charge in [0.05, 0.1) is 27.0 Å². The lowest BCUT2D eigenvalue weighted by Crippen LogP contribution is -2.04. The van der Waals surface area contributed by atoms with Gasteiger partial charge in [-0.3, -0.25) is 0 Å². The standard InChI is InChI=1S/C24H21NO4S/c1-26-20-11-15(12-21(27-2)24(20)28-3)18-13-19(29-25-18)14-8-9-23-17(10-14)16-6-4-5-7-22(16)30-23/h4-12,19H,13H2,1-3H3. The van der Waals surface area contributed by atoms with E-state index >= 15 is 0 Å². The summed E-state index contributed by atoms with van der Waals surface area (Å²) < 4.78 is 18.9. The van der Waals surface area contributed by atoms with E-state index in [2.05, 4.69) is 47.6 Å². The van der Waals surface area contributed by atoms with E-state index in [9.17, 15) is 0 Å². The molecular weight excluding hydrogens is 398 g/mol. The molecule has 0 spiro atoms. The minimum absolute atomic E-state index is 0.123. The maximum Gasteiger partial charge on any atom is 0.203 e. The van der Waals surface area contributed by atoms with E-state index in [4.69, 9.17) is 19.0 Å². The van der Waals surface area contributed by atoms with E-state index < -0.39 is 0 Å². The Morgan fingerprint density at radius 1 is 0.867 bits per heavy atom. The van der Waals surface area contributed by atoms with Crippen LogP contribution in [-0.4, -0.2) is 27.0 Å². The summed E-state index contributed by atoms with van der Waals surface area (Å²) in [5.74, 6) is 1.77. The molecule has 0 bridgehead atoms. The van der Waals surface area contributed by atoms with Crippen LogP contribution in [0, 0.1) is 0 Å². The van der Waals surface area contributed by atoms with Crippen LogP contribution in [0.5, 0.6) is 17.2 Å². The number of methoxy groups -OCH3 is 3. The van der Waals surface area contributed by atoms with Crippen LogP contribution < -0.4 is 14.2 Å². The molecule has 1 aliphatic heterocycles. The van der Waals surface area contributed by atoms with Crippen molar-refractivity contribution in [1.82, 2.24) is 0 Å². The Hall–Kier alpha value is -3.25. The van der Waals surface area contributed by atoms with Gasteiger partial charge in [0, 0.05) is 32.2 Å². The number of hydrogen-bond donors (Lipinski definition) is 0. The molecule has 1 unspecified atom stereocenters. The van der Waals surface area contributed by atoms with Gasteiger partial charge in [0.25, 0.3) is 0 Å². The number of thiophene rings is 1. The zero-order valence-electron chi connectivity index (χ0n) is 17.0. The number of nitrogens with zero attached hydrogens (tertiary/aromatic N) is 1. The van der Waals surface area contributed by atoms with Crippen molar-refractivity contribution in [3.05, 3.63) is 65.7 Å². The molecule has 152 valence electrons. The summed E-state index contributed by atoms with van der Waals surface area (Å²) in [6.07, 6.45) is 0.550. The summed E-state index contributed by atoms with van der Waals surface area (Å²) >= 11 is 1.81. The van der Waals surface area contributed by atoms with Gasteiger partial charge in [-0.25, -0.2) is 0 Å². The normalized spacial score (nSPS) is 15.8. The zero-order chi connectivity index (χ0) is 20.7. The summed E-state index contributed by atoms with van der Waals surface area (Å²) in [6, 6.07) is 18.8. The second-order valence-corrected chi connectivity index (χ2v) is 8.19. The topological polar surface area (TPSA) is 49.3 Å². The van der Waals surface area contributed by atoms with E-state index in [1.54, 1.807) is 21.3 Å². The Labute approximate surface area is 178 Å². The molecular formula is C24H21NO4S. The number of fused-ring (bicyclic) bond motifs is 3. The maximum absolute atomic E-state index is 5.83. The SMILES string of the molecule is COc1cc(C2=NOC(c3ccc4sc5ccccc5c4c3)C2)cc(OC)c1OC. The van der Waals surface area contributed by atoms with Crippen LogP contribution in [0.1, 0.15) is 23.7 Å². The van der Waals surface area contributed by atoms with Gasteiger partial charge in [0.2, 0.25) is 5.75 Å². The van der Waals surface area contributed by atoms with Crippen molar-refractivity contribution in [3.8, 4) is 17.2 Å². The van der Waals surface area contributed by atoms with Crippen LogP contribution in [0.4, 0.5) is 0 Å². The van der Waals surface area contributed by atoms with Gasteiger partial charge in [-0.1, -0.05) is 29.4 Å². The fraction of sp³-hybridized carbons (Fsp3) is 0.208. The third-order valence-corrected chi connectivity index (χ3v) is 6.59. The van der Waals surface area contributed by atoms with E-state index in [1.165, 1.54) is 20.2 Å². The van der Waals surface area contributed by atoms with Crippen molar-refractivity contribution in [3.63, 3.8) is 0 Å². The van der Waals surface area contributed by atoms with Gasteiger partial charge in [-0.05, 0) is 35.9 Å². The van der Waals surface area contributed by atoms with Crippen LogP contribution in [0.2, 0.25) is 0 Å². The molecule has 0 saturated carbocycles. The van der Waals surface area contributed by atoms with Crippen molar-refractivity contribution in [1.29, 1.82) is 0 Å². The Morgan fingerprint density at radius 2 is 1.60 bits per heavy atom. The molecule has 0 fully saturated rings. The number of oxime groups is 1. The molecule has 4 aromatic rings. The van der Waals surface area contributed by atoms with Crippen LogP contribution in [0.15, 0.2) is 59.8 Å². The molecule has 5 rings (SSSR count). The molecule has 0 amide bonds. The lowest BCUT2D eigenvalue weighted by atomic mass is 9.98. The van der Waals surface area contributed by atoms with Gasteiger partial charge >= 0.3 is 0 Å². The molecule has 6 heteroatoms. The van der Waals surface area contributed by atoms with Gasteiger partial charge in [-0.15, -0.1) is 11.3 Å². The zero-order valence-corrected chi connectivity index (χ0v) is 17.8. The first kappa shape index (κ1) is 18.8. The smallest absolute Gasteiger partial charge is 0.203 e. The molecule has 2 heterocycles. The second-order valence-electron chi connectivity index (χ2n) is 7.10. The minimum Gasteiger partial charge on any atom is -0.493 e. The third-order valence-electron chi connectivity index (χ3n) is 5.44. The Morgan fingerprint density at radius 3 is 2.33 bits per heavy atom. The van der Waals surface area contributed by atoms with Crippen molar-refractivity contribution in [2.24, 2.45) is 5.16 Å². The summed E-state index contributed by atoms with van der Waals surface area (Å²) in [7, 11) is 4.81. The maximum atomic E-state index is 5.83. The lowest BCUT2D eigenvalue weighted by molar-refractivity contribution is 0.0858. The minimum atomic E-state index is -0.123. The van der Waals surface area contributed by atoms with Gasteiger partial charge < -0.3 is 19.0 Å². The van der Waals surface area contributed by atoms with Gasteiger partial charge in [0.15, 0.2) is 17.6 Å². The van der Waals surface area contributed by atoms with E-state index in [0.29, 0.717) is 23.7 Å². The Bertz CT molecular complexity index is 1250. The highest BCUT2D eigenvalue weighted by atomic mass is 32.1. The van der Waals surface area contributed by atoms with Crippen LogP contribution in [0.3, 0.4) is 0 Å². The fourth-order valence-corrected chi connectivity index (χ4v) is 5.00. The largest absolute Gasteiger partial charge is 0.493 e. The number of benzene rings is 3. The number of ether oxygens (including phenoxy) is 3. The molecule has 5 nitrogen and oxygen atoms in total. The third kappa shape index (κ3) is 3.04. The first-order valence-corrected chi connectivity index (χ1v) is 10.5. The fourth-order valence-electron chi connectivity index (χ4n) is 3.92. The molecule has 30 heavy (non-hydrogen) atoms. The van der Waals surface area contributed by atoms with Crippen molar-refractivity contribution < 1.29 is 19.0 Å². The molecule has 0 N–H and O–H groups in total.